The van der Waals surface area contributed by atoms with E-state index in [-0.39, 0.29) is 31.4 Å². The van der Waals surface area contributed by atoms with Gasteiger partial charge in [0.15, 0.2) is 11.6 Å². The number of β-amino-alcohol motifs (C(OH)–C–C–N with tert-alkyl or cyclic N) is 2. The van der Waals surface area contributed by atoms with Gasteiger partial charge in [-0.25, -0.2) is 8.78 Å². The Balaban J connectivity index is 1.58. The molecular weight excluding hydrogens is 386 g/mol. The van der Waals surface area contributed by atoms with Gasteiger partial charge in [-0.3, -0.25) is 9.69 Å². The monoisotopic (exact) mass is 414 g/mol. The standard InChI is InChI=1S/C20H28F2N2O5/c1-15(25)24-6-4-19(26,5-7-24)11-23-8-9-28-13-20(27,12-23)14-29-16-2-3-17(21)18(22)10-16/h2-3,10,26-27H,4-9,11-14H2,1H3/t20-/m1/s1. The maximum Gasteiger partial charge on any atom is 0.219 e. The SMILES string of the molecule is CC(=O)N1CCC(O)(CN2CCOC[C@@](O)(COc3ccc(F)c(F)c3)C2)CC1. The molecule has 7 nitrogen and oxygen atoms in total. The minimum absolute atomic E-state index is 0.000948. The molecule has 29 heavy (non-hydrogen) atoms. The van der Waals surface area contributed by atoms with E-state index in [2.05, 4.69) is 0 Å². The fourth-order valence-electron chi connectivity index (χ4n) is 3.82. The van der Waals surface area contributed by atoms with Crippen LogP contribution in [0.25, 0.3) is 0 Å². The number of amides is 1. The van der Waals surface area contributed by atoms with Gasteiger partial charge in [0.2, 0.25) is 5.91 Å². The molecule has 1 atom stereocenters. The minimum Gasteiger partial charge on any atom is -0.490 e. The number of nitrogens with zero attached hydrogens (tertiary/aromatic N) is 2. The highest BCUT2D eigenvalue weighted by atomic mass is 19.2. The number of likely N-dealkylation sites (tertiary alicyclic amines) is 1. The number of carbonyl (C=O) groups excluding carboxylic acids is 1. The molecule has 2 N–H and O–H groups in total. The predicted molar refractivity (Wildman–Crippen MR) is 100 cm³/mol. The number of rotatable bonds is 5. The van der Waals surface area contributed by atoms with Crippen LogP contribution < -0.4 is 4.74 Å². The van der Waals surface area contributed by atoms with Crippen molar-refractivity contribution in [3.63, 3.8) is 0 Å². The van der Waals surface area contributed by atoms with Crippen LogP contribution in [0.4, 0.5) is 8.78 Å². The van der Waals surface area contributed by atoms with Crippen molar-refractivity contribution >= 4 is 5.91 Å². The van der Waals surface area contributed by atoms with Crippen LogP contribution in [0, 0.1) is 11.6 Å². The van der Waals surface area contributed by atoms with Gasteiger partial charge < -0.3 is 24.6 Å². The van der Waals surface area contributed by atoms with Crippen LogP contribution >= 0.6 is 0 Å². The van der Waals surface area contributed by atoms with Crippen LogP contribution in [-0.4, -0.2) is 89.7 Å². The largest absolute Gasteiger partial charge is 0.490 e. The Morgan fingerprint density at radius 3 is 2.55 bits per heavy atom. The van der Waals surface area contributed by atoms with Gasteiger partial charge in [0, 0.05) is 45.7 Å². The number of piperidine rings is 1. The molecule has 0 radical (unpaired) electrons. The Labute approximate surface area is 168 Å². The third-order valence-corrected chi connectivity index (χ3v) is 5.50. The van der Waals surface area contributed by atoms with Crippen LogP contribution in [-0.2, 0) is 9.53 Å². The highest BCUT2D eigenvalue weighted by Crippen LogP contribution is 2.25. The Hall–Kier alpha value is -1.81. The molecule has 2 aliphatic heterocycles. The fourth-order valence-corrected chi connectivity index (χ4v) is 3.82. The number of hydrogen-bond acceptors (Lipinski definition) is 6. The second kappa shape index (κ2) is 8.91. The molecule has 2 fully saturated rings. The van der Waals surface area contributed by atoms with Crippen LogP contribution in [0.5, 0.6) is 5.75 Å². The molecular formula is C20H28F2N2O5. The van der Waals surface area contributed by atoms with E-state index in [1.165, 1.54) is 13.0 Å². The first-order valence-electron chi connectivity index (χ1n) is 9.76. The first-order valence-corrected chi connectivity index (χ1v) is 9.76. The third-order valence-electron chi connectivity index (χ3n) is 5.50. The molecule has 0 unspecified atom stereocenters. The van der Waals surface area contributed by atoms with Crippen LogP contribution in [0.15, 0.2) is 18.2 Å². The lowest BCUT2D eigenvalue weighted by Crippen LogP contribution is -2.55. The number of benzene rings is 1. The number of halogens is 2. The summed E-state index contributed by atoms with van der Waals surface area (Å²) in [6.07, 6.45) is 0.932. The van der Waals surface area contributed by atoms with E-state index in [0.29, 0.717) is 45.6 Å². The van der Waals surface area contributed by atoms with Gasteiger partial charge in [-0.2, -0.15) is 0 Å². The van der Waals surface area contributed by atoms with E-state index in [1.54, 1.807) is 4.90 Å². The van der Waals surface area contributed by atoms with Crippen molar-refractivity contribution in [1.29, 1.82) is 0 Å². The summed E-state index contributed by atoms with van der Waals surface area (Å²) in [5.74, 6) is -1.88. The topological polar surface area (TPSA) is 82.5 Å². The van der Waals surface area contributed by atoms with Crippen LogP contribution in [0.2, 0.25) is 0 Å². The summed E-state index contributed by atoms with van der Waals surface area (Å²) in [4.78, 5) is 15.1. The van der Waals surface area contributed by atoms with E-state index in [0.717, 1.165) is 12.1 Å². The van der Waals surface area contributed by atoms with Gasteiger partial charge in [-0.05, 0) is 25.0 Å². The molecule has 1 aromatic rings. The van der Waals surface area contributed by atoms with Crippen molar-refractivity contribution in [3.8, 4) is 5.75 Å². The normalized spacial score (nSPS) is 25.5. The average Bonchev–Trinajstić information content (AvgIpc) is 2.84. The first-order chi connectivity index (χ1) is 13.7. The summed E-state index contributed by atoms with van der Waals surface area (Å²) < 4.78 is 37.4. The number of aliphatic hydroxyl groups is 2. The van der Waals surface area contributed by atoms with Crippen molar-refractivity contribution in [2.75, 3.05) is 52.5 Å². The van der Waals surface area contributed by atoms with E-state index in [4.69, 9.17) is 9.47 Å². The molecule has 162 valence electrons. The van der Waals surface area contributed by atoms with Crippen molar-refractivity contribution in [1.82, 2.24) is 9.80 Å². The summed E-state index contributed by atoms with van der Waals surface area (Å²) in [5, 5.41) is 21.9. The van der Waals surface area contributed by atoms with E-state index >= 15 is 0 Å². The zero-order chi connectivity index (χ0) is 21.1. The fraction of sp³-hybridized carbons (Fsp3) is 0.650. The second-order valence-corrected chi connectivity index (χ2v) is 8.08. The van der Waals surface area contributed by atoms with Crippen molar-refractivity contribution in [2.45, 2.75) is 31.0 Å². The Morgan fingerprint density at radius 2 is 1.90 bits per heavy atom. The highest BCUT2D eigenvalue weighted by molar-refractivity contribution is 5.73. The van der Waals surface area contributed by atoms with Gasteiger partial charge >= 0.3 is 0 Å². The highest BCUT2D eigenvalue weighted by Gasteiger charge is 2.39. The quantitative estimate of drug-likeness (QED) is 0.741. The number of carbonyl (C=O) groups is 1. The summed E-state index contributed by atoms with van der Waals surface area (Å²) in [6, 6.07) is 3.19. The molecule has 1 aromatic carbocycles. The van der Waals surface area contributed by atoms with Crippen LogP contribution in [0.1, 0.15) is 19.8 Å². The summed E-state index contributed by atoms with van der Waals surface area (Å²) in [7, 11) is 0. The third kappa shape index (κ3) is 5.85. The Kier molecular flexibility index (Phi) is 6.72. The molecule has 2 saturated heterocycles. The molecule has 0 aromatic heterocycles. The van der Waals surface area contributed by atoms with Gasteiger partial charge in [0.05, 0.1) is 18.8 Å². The Bertz CT molecular complexity index is 727. The predicted octanol–water partition coefficient (Wildman–Crippen LogP) is 0.780. The van der Waals surface area contributed by atoms with E-state index < -0.39 is 22.8 Å². The van der Waals surface area contributed by atoms with Crippen LogP contribution in [0.3, 0.4) is 0 Å². The smallest absolute Gasteiger partial charge is 0.219 e. The molecule has 0 aliphatic carbocycles. The number of hydrogen-bond donors (Lipinski definition) is 2. The van der Waals surface area contributed by atoms with Gasteiger partial charge in [-0.1, -0.05) is 0 Å². The maximum atomic E-state index is 13.3. The molecule has 3 rings (SSSR count). The lowest BCUT2D eigenvalue weighted by molar-refractivity contribution is -0.134. The lowest BCUT2D eigenvalue weighted by Gasteiger charge is -2.41. The zero-order valence-corrected chi connectivity index (χ0v) is 16.6. The molecule has 9 heteroatoms. The second-order valence-electron chi connectivity index (χ2n) is 8.08. The van der Waals surface area contributed by atoms with Crippen molar-refractivity contribution < 1.29 is 33.3 Å². The first kappa shape index (κ1) is 21.9. The Morgan fingerprint density at radius 1 is 1.17 bits per heavy atom. The molecule has 0 bridgehead atoms. The summed E-state index contributed by atoms with van der Waals surface area (Å²) in [6.45, 7) is 3.86. The summed E-state index contributed by atoms with van der Waals surface area (Å²) in [5.41, 5.74) is -2.31. The lowest BCUT2D eigenvalue weighted by atomic mass is 9.90. The zero-order valence-electron chi connectivity index (χ0n) is 16.6. The minimum atomic E-state index is -1.36. The van der Waals surface area contributed by atoms with Gasteiger partial charge in [0.25, 0.3) is 0 Å². The van der Waals surface area contributed by atoms with E-state index in [1.807, 2.05) is 4.90 Å². The summed E-state index contributed by atoms with van der Waals surface area (Å²) >= 11 is 0. The molecule has 0 spiro atoms. The van der Waals surface area contributed by atoms with Gasteiger partial charge in [0.1, 0.15) is 18.0 Å². The molecule has 2 aliphatic rings. The maximum absolute atomic E-state index is 13.3. The molecule has 1 amide bonds. The van der Waals surface area contributed by atoms with Crippen molar-refractivity contribution in [3.05, 3.63) is 29.8 Å². The average molecular weight is 414 g/mol. The number of ether oxygens (including phenoxy) is 2. The van der Waals surface area contributed by atoms with Crippen molar-refractivity contribution in [2.24, 2.45) is 0 Å². The molecule has 2 heterocycles. The van der Waals surface area contributed by atoms with E-state index in [9.17, 15) is 23.8 Å². The van der Waals surface area contributed by atoms with Gasteiger partial charge in [-0.15, -0.1) is 0 Å². The molecule has 0 saturated carbocycles.